The Hall–Kier alpha value is -1.46. The van der Waals surface area contributed by atoms with E-state index in [2.05, 4.69) is 11.8 Å². The molecule has 1 aliphatic heterocycles. The van der Waals surface area contributed by atoms with Crippen LogP contribution in [-0.2, 0) is 11.2 Å². The minimum absolute atomic E-state index is 0.00613. The number of amides is 1. The molecule has 5 heteroatoms. The van der Waals surface area contributed by atoms with Gasteiger partial charge in [-0.1, -0.05) is 25.1 Å². The standard InChI is InChI=1S/C16H24FN3O/c1-13(11-18)12-19-6-8-20(9-7-19)16(21)10-14-4-2-3-5-15(14)17/h2-5,13H,6-12,18H2,1H3. The average molecular weight is 293 g/mol. The molecule has 0 aromatic heterocycles. The van der Waals surface area contributed by atoms with Crippen LogP contribution in [0.3, 0.4) is 0 Å². The number of halogens is 1. The van der Waals surface area contributed by atoms with Gasteiger partial charge < -0.3 is 10.6 Å². The van der Waals surface area contributed by atoms with Crippen molar-refractivity contribution >= 4 is 5.91 Å². The van der Waals surface area contributed by atoms with Crippen LogP contribution in [0, 0.1) is 11.7 Å². The Balaban J connectivity index is 1.82. The van der Waals surface area contributed by atoms with Crippen molar-refractivity contribution in [1.82, 2.24) is 9.80 Å². The largest absolute Gasteiger partial charge is 0.340 e. The Morgan fingerprint density at radius 2 is 1.95 bits per heavy atom. The second kappa shape index (κ2) is 7.52. The molecular formula is C16H24FN3O. The zero-order valence-electron chi connectivity index (χ0n) is 12.6. The van der Waals surface area contributed by atoms with Gasteiger partial charge in [0.05, 0.1) is 6.42 Å². The highest BCUT2D eigenvalue weighted by atomic mass is 19.1. The number of piperazine rings is 1. The number of rotatable bonds is 5. The van der Waals surface area contributed by atoms with Crippen LogP contribution in [0.4, 0.5) is 4.39 Å². The Bertz CT molecular complexity index is 472. The van der Waals surface area contributed by atoms with E-state index in [4.69, 9.17) is 5.73 Å². The van der Waals surface area contributed by atoms with Gasteiger partial charge in [0, 0.05) is 32.7 Å². The van der Waals surface area contributed by atoms with Crippen LogP contribution in [0.2, 0.25) is 0 Å². The molecule has 1 aromatic carbocycles. The molecule has 4 nitrogen and oxygen atoms in total. The molecule has 1 aromatic rings. The fourth-order valence-electron chi connectivity index (χ4n) is 2.61. The SMILES string of the molecule is CC(CN)CN1CCN(C(=O)Cc2ccccc2F)CC1. The third kappa shape index (κ3) is 4.51. The molecule has 1 heterocycles. The molecule has 0 saturated carbocycles. The smallest absolute Gasteiger partial charge is 0.227 e. The first-order chi connectivity index (χ1) is 10.1. The van der Waals surface area contributed by atoms with Gasteiger partial charge in [-0.25, -0.2) is 4.39 Å². The zero-order valence-corrected chi connectivity index (χ0v) is 12.6. The third-order valence-electron chi connectivity index (χ3n) is 4.00. The van der Waals surface area contributed by atoms with Crippen molar-refractivity contribution < 1.29 is 9.18 Å². The van der Waals surface area contributed by atoms with Gasteiger partial charge in [-0.05, 0) is 24.1 Å². The van der Waals surface area contributed by atoms with Crippen molar-refractivity contribution in [2.75, 3.05) is 39.3 Å². The highest BCUT2D eigenvalue weighted by Gasteiger charge is 2.22. The molecule has 116 valence electrons. The van der Waals surface area contributed by atoms with E-state index in [9.17, 15) is 9.18 Å². The summed E-state index contributed by atoms with van der Waals surface area (Å²) >= 11 is 0. The lowest BCUT2D eigenvalue weighted by Crippen LogP contribution is -2.50. The summed E-state index contributed by atoms with van der Waals surface area (Å²) in [5.74, 6) is 0.179. The van der Waals surface area contributed by atoms with Crippen molar-refractivity contribution in [3.63, 3.8) is 0 Å². The van der Waals surface area contributed by atoms with Crippen LogP contribution >= 0.6 is 0 Å². The maximum Gasteiger partial charge on any atom is 0.227 e. The van der Waals surface area contributed by atoms with E-state index in [-0.39, 0.29) is 18.1 Å². The Morgan fingerprint density at radius 3 is 2.57 bits per heavy atom. The van der Waals surface area contributed by atoms with E-state index in [1.807, 2.05) is 4.90 Å². The molecule has 1 aliphatic rings. The Morgan fingerprint density at radius 1 is 1.29 bits per heavy atom. The number of benzene rings is 1. The van der Waals surface area contributed by atoms with E-state index in [1.54, 1.807) is 18.2 Å². The second-order valence-electron chi connectivity index (χ2n) is 5.79. The van der Waals surface area contributed by atoms with E-state index >= 15 is 0 Å². The summed E-state index contributed by atoms with van der Waals surface area (Å²) in [6.07, 6.45) is 0.145. The van der Waals surface area contributed by atoms with Gasteiger partial charge in [0.2, 0.25) is 5.91 Å². The van der Waals surface area contributed by atoms with Crippen LogP contribution in [0.25, 0.3) is 0 Å². The van der Waals surface area contributed by atoms with Crippen LogP contribution in [-0.4, -0.2) is 55.0 Å². The summed E-state index contributed by atoms with van der Waals surface area (Å²) in [5, 5.41) is 0. The van der Waals surface area contributed by atoms with Gasteiger partial charge in [-0.3, -0.25) is 9.69 Å². The first-order valence-electron chi connectivity index (χ1n) is 7.53. The third-order valence-corrected chi connectivity index (χ3v) is 4.00. The molecule has 1 amide bonds. The highest BCUT2D eigenvalue weighted by Crippen LogP contribution is 2.11. The summed E-state index contributed by atoms with van der Waals surface area (Å²) in [6.45, 7) is 6.96. The molecular weight excluding hydrogens is 269 g/mol. The van der Waals surface area contributed by atoms with Crippen molar-refractivity contribution in [3.8, 4) is 0 Å². The number of hydrogen-bond donors (Lipinski definition) is 1. The highest BCUT2D eigenvalue weighted by molar-refractivity contribution is 5.78. The topological polar surface area (TPSA) is 49.6 Å². The summed E-state index contributed by atoms with van der Waals surface area (Å²) in [4.78, 5) is 16.4. The number of hydrogen-bond acceptors (Lipinski definition) is 3. The van der Waals surface area contributed by atoms with Gasteiger partial charge in [-0.15, -0.1) is 0 Å². The van der Waals surface area contributed by atoms with E-state index < -0.39 is 0 Å². The van der Waals surface area contributed by atoms with E-state index in [1.165, 1.54) is 6.07 Å². The molecule has 1 atom stereocenters. The van der Waals surface area contributed by atoms with E-state index in [0.29, 0.717) is 31.1 Å². The molecule has 0 bridgehead atoms. The minimum atomic E-state index is -0.304. The predicted molar refractivity (Wildman–Crippen MR) is 81.3 cm³/mol. The zero-order chi connectivity index (χ0) is 15.2. The maximum absolute atomic E-state index is 13.6. The lowest BCUT2D eigenvalue weighted by molar-refractivity contribution is -0.132. The first kappa shape index (κ1) is 15.9. The number of carbonyl (C=O) groups is 1. The van der Waals surface area contributed by atoms with Crippen LogP contribution in [0.15, 0.2) is 24.3 Å². The average Bonchev–Trinajstić information content (AvgIpc) is 2.50. The molecule has 1 saturated heterocycles. The molecule has 21 heavy (non-hydrogen) atoms. The van der Waals surface area contributed by atoms with Gasteiger partial charge in [-0.2, -0.15) is 0 Å². The summed E-state index contributed by atoms with van der Waals surface area (Å²) in [6, 6.07) is 6.47. The molecule has 2 rings (SSSR count). The van der Waals surface area contributed by atoms with Crippen molar-refractivity contribution in [3.05, 3.63) is 35.6 Å². The van der Waals surface area contributed by atoms with Crippen LogP contribution in [0.1, 0.15) is 12.5 Å². The lowest BCUT2D eigenvalue weighted by Gasteiger charge is -2.36. The fourth-order valence-corrected chi connectivity index (χ4v) is 2.61. The van der Waals surface area contributed by atoms with Crippen LogP contribution < -0.4 is 5.73 Å². The van der Waals surface area contributed by atoms with Crippen molar-refractivity contribution in [1.29, 1.82) is 0 Å². The van der Waals surface area contributed by atoms with Crippen LogP contribution in [0.5, 0.6) is 0 Å². The molecule has 0 radical (unpaired) electrons. The van der Waals surface area contributed by atoms with Gasteiger partial charge in [0.25, 0.3) is 0 Å². The summed E-state index contributed by atoms with van der Waals surface area (Å²) in [5.41, 5.74) is 6.11. The van der Waals surface area contributed by atoms with Gasteiger partial charge in [0.1, 0.15) is 5.82 Å². The second-order valence-corrected chi connectivity index (χ2v) is 5.79. The summed E-state index contributed by atoms with van der Waals surface area (Å²) in [7, 11) is 0. The maximum atomic E-state index is 13.6. The Labute approximate surface area is 125 Å². The quantitative estimate of drug-likeness (QED) is 0.884. The minimum Gasteiger partial charge on any atom is -0.340 e. The number of nitrogens with zero attached hydrogens (tertiary/aromatic N) is 2. The predicted octanol–water partition coefficient (Wildman–Crippen LogP) is 1.11. The number of nitrogens with two attached hydrogens (primary N) is 1. The van der Waals surface area contributed by atoms with E-state index in [0.717, 1.165) is 19.6 Å². The van der Waals surface area contributed by atoms with Gasteiger partial charge in [0.15, 0.2) is 0 Å². The van der Waals surface area contributed by atoms with Gasteiger partial charge >= 0.3 is 0 Å². The Kier molecular flexibility index (Phi) is 5.70. The monoisotopic (exact) mass is 293 g/mol. The fraction of sp³-hybridized carbons (Fsp3) is 0.562. The molecule has 1 fully saturated rings. The lowest BCUT2D eigenvalue weighted by atomic mass is 10.1. The van der Waals surface area contributed by atoms with Crippen molar-refractivity contribution in [2.24, 2.45) is 11.7 Å². The van der Waals surface area contributed by atoms with Crippen molar-refractivity contribution in [2.45, 2.75) is 13.3 Å². The molecule has 2 N–H and O–H groups in total. The molecule has 1 unspecified atom stereocenters. The summed E-state index contributed by atoms with van der Waals surface area (Å²) < 4.78 is 13.6. The number of carbonyl (C=O) groups excluding carboxylic acids is 1. The molecule has 0 aliphatic carbocycles. The first-order valence-corrected chi connectivity index (χ1v) is 7.53. The molecule has 0 spiro atoms. The normalized spacial score (nSPS) is 17.8.